The predicted octanol–water partition coefficient (Wildman–Crippen LogP) is 3.06. The molecule has 1 aliphatic carbocycles. The number of carboxylic acid groups (broad SMARTS) is 1. The summed E-state index contributed by atoms with van der Waals surface area (Å²) in [6, 6.07) is 0. The summed E-state index contributed by atoms with van der Waals surface area (Å²) >= 11 is 0. The van der Waals surface area contributed by atoms with Crippen LogP contribution in [0.15, 0.2) is 0 Å². The van der Waals surface area contributed by atoms with Crippen LogP contribution in [0.1, 0.15) is 64.7 Å². The summed E-state index contributed by atoms with van der Waals surface area (Å²) in [7, 11) is 0. The number of hydrogen-bond acceptors (Lipinski definition) is 2. The first-order valence-electron chi connectivity index (χ1n) is 8.08. The van der Waals surface area contributed by atoms with E-state index in [1.54, 1.807) is 0 Å². The fourth-order valence-electron chi connectivity index (χ4n) is 3.86. The smallest absolute Gasteiger partial charge is 0.303 e. The van der Waals surface area contributed by atoms with Gasteiger partial charge in [-0.3, -0.25) is 9.59 Å². The first-order chi connectivity index (χ1) is 9.57. The van der Waals surface area contributed by atoms with Gasteiger partial charge in [0.2, 0.25) is 5.91 Å². The lowest BCUT2D eigenvalue weighted by Gasteiger charge is -2.38. The molecule has 114 valence electrons. The molecule has 4 nitrogen and oxygen atoms in total. The third kappa shape index (κ3) is 3.33. The van der Waals surface area contributed by atoms with Crippen LogP contribution in [0.4, 0.5) is 0 Å². The molecule has 1 amide bonds. The molecule has 2 fully saturated rings. The fraction of sp³-hybridized carbons (Fsp3) is 0.875. The second-order valence-electron chi connectivity index (χ2n) is 6.51. The van der Waals surface area contributed by atoms with E-state index in [0.717, 1.165) is 51.6 Å². The van der Waals surface area contributed by atoms with Crippen LogP contribution in [0.25, 0.3) is 0 Å². The molecule has 0 radical (unpaired) electrons. The zero-order valence-corrected chi connectivity index (χ0v) is 12.6. The molecule has 2 aliphatic rings. The number of carbonyl (C=O) groups excluding carboxylic acids is 1. The maximum atomic E-state index is 12.8. The van der Waals surface area contributed by atoms with Crippen LogP contribution < -0.4 is 0 Å². The van der Waals surface area contributed by atoms with Crippen molar-refractivity contribution in [2.75, 3.05) is 13.1 Å². The van der Waals surface area contributed by atoms with E-state index < -0.39 is 5.97 Å². The molecule has 4 heteroatoms. The number of carbonyl (C=O) groups is 2. The number of carboxylic acids is 1. The molecule has 1 heterocycles. The number of hydrogen-bond donors (Lipinski definition) is 1. The lowest BCUT2D eigenvalue weighted by Crippen LogP contribution is -2.46. The first-order valence-corrected chi connectivity index (χ1v) is 8.08. The van der Waals surface area contributed by atoms with Crippen molar-refractivity contribution in [1.82, 2.24) is 4.90 Å². The van der Waals surface area contributed by atoms with Crippen molar-refractivity contribution in [3.8, 4) is 0 Å². The van der Waals surface area contributed by atoms with Crippen molar-refractivity contribution in [2.45, 2.75) is 64.7 Å². The van der Waals surface area contributed by atoms with Gasteiger partial charge in [-0.1, -0.05) is 19.8 Å². The van der Waals surface area contributed by atoms with Gasteiger partial charge in [0.1, 0.15) is 0 Å². The summed E-state index contributed by atoms with van der Waals surface area (Å²) in [6.45, 7) is 3.79. The molecule has 0 unspecified atom stereocenters. The summed E-state index contributed by atoms with van der Waals surface area (Å²) in [5.74, 6) is 0.143. The number of rotatable bonds is 5. The molecular formula is C16H27NO3. The Morgan fingerprint density at radius 1 is 1.20 bits per heavy atom. The zero-order chi connectivity index (χ0) is 14.6. The first kappa shape index (κ1) is 15.3. The largest absolute Gasteiger partial charge is 0.481 e. The van der Waals surface area contributed by atoms with E-state index in [2.05, 4.69) is 6.92 Å². The van der Waals surface area contributed by atoms with Gasteiger partial charge in [0, 0.05) is 24.9 Å². The monoisotopic (exact) mass is 281 g/mol. The van der Waals surface area contributed by atoms with Gasteiger partial charge in [-0.2, -0.15) is 0 Å². The van der Waals surface area contributed by atoms with Crippen molar-refractivity contribution in [2.24, 2.45) is 11.3 Å². The third-order valence-corrected chi connectivity index (χ3v) is 5.36. The zero-order valence-electron chi connectivity index (χ0n) is 12.6. The number of nitrogens with zero attached hydrogens (tertiary/aromatic N) is 1. The minimum atomic E-state index is -0.709. The Hall–Kier alpha value is -1.06. The van der Waals surface area contributed by atoms with Crippen LogP contribution in [-0.2, 0) is 9.59 Å². The van der Waals surface area contributed by atoms with Crippen molar-refractivity contribution in [3.05, 3.63) is 0 Å². The quantitative estimate of drug-likeness (QED) is 0.842. The van der Waals surface area contributed by atoms with E-state index in [9.17, 15) is 9.59 Å². The number of amides is 1. The Labute approximate surface area is 121 Å². The van der Waals surface area contributed by atoms with Crippen molar-refractivity contribution in [3.63, 3.8) is 0 Å². The van der Waals surface area contributed by atoms with Crippen molar-refractivity contribution >= 4 is 11.9 Å². The second-order valence-corrected chi connectivity index (χ2v) is 6.51. The van der Waals surface area contributed by atoms with Crippen LogP contribution in [-0.4, -0.2) is 35.0 Å². The van der Waals surface area contributed by atoms with Gasteiger partial charge >= 0.3 is 5.97 Å². The topological polar surface area (TPSA) is 57.6 Å². The van der Waals surface area contributed by atoms with Crippen LogP contribution >= 0.6 is 0 Å². The highest BCUT2D eigenvalue weighted by molar-refractivity contribution is 5.83. The molecule has 0 aromatic carbocycles. The van der Waals surface area contributed by atoms with E-state index in [1.807, 2.05) is 4.90 Å². The Kier molecular flexibility index (Phi) is 5.06. The van der Waals surface area contributed by atoms with E-state index in [4.69, 9.17) is 5.11 Å². The lowest BCUT2D eigenvalue weighted by molar-refractivity contribution is -0.144. The van der Waals surface area contributed by atoms with Gasteiger partial charge < -0.3 is 10.0 Å². The van der Waals surface area contributed by atoms with E-state index >= 15 is 0 Å². The van der Waals surface area contributed by atoms with Gasteiger partial charge in [-0.05, 0) is 44.4 Å². The highest BCUT2D eigenvalue weighted by Crippen LogP contribution is 2.43. The minimum absolute atomic E-state index is 0.0755. The average Bonchev–Trinajstić information content (AvgIpc) is 2.95. The van der Waals surface area contributed by atoms with Gasteiger partial charge in [0.05, 0.1) is 0 Å². The van der Waals surface area contributed by atoms with E-state index in [-0.39, 0.29) is 11.8 Å². The summed E-state index contributed by atoms with van der Waals surface area (Å²) in [5, 5.41) is 8.73. The molecular weight excluding hydrogens is 254 g/mol. The molecule has 1 saturated carbocycles. The van der Waals surface area contributed by atoms with Crippen LogP contribution in [0.2, 0.25) is 0 Å². The molecule has 0 atom stereocenters. The van der Waals surface area contributed by atoms with Gasteiger partial charge in [-0.25, -0.2) is 0 Å². The van der Waals surface area contributed by atoms with Gasteiger partial charge in [-0.15, -0.1) is 0 Å². The van der Waals surface area contributed by atoms with Gasteiger partial charge in [0.15, 0.2) is 0 Å². The number of aliphatic carboxylic acids is 1. The van der Waals surface area contributed by atoms with Crippen molar-refractivity contribution in [1.29, 1.82) is 0 Å². The summed E-state index contributed by atoms with van der Waals surface area (Å²) in [6.07, 6.45) is 8.42. The standard InChI is InChI=1S/C16H27NO3/c1-2-16(9-3-4-10-16)15(20)17-11-7-13(8-12-17)5-6-14(18)19/h13H,2-12H2,1H3,(H,18,19). The molecule has 0 spiro atoms. The Morgan fingerprint density at radius 2 is 1.80 bits per heavy atom. The normalized spacial score (nSPS) is 22.9. The molecule has 0 aromatic heterocycles. The fourth-order valence-corrected chi connectivity index (χ4v) is 3.86. The number of likely N-dealkylation sites (tertiary alicyclic amines) is 1. The molecule has 0 bridgehead atoms. The molecule has 2 rings (SSSR count). The van der Waals surface area contributed by atoms with Crippen LogP contribution in [0.5, 0.6) is 0 Å². The Bertz CT molecular complexity index is 353. The minimum Gasteiger partial charge on any atom is -0.481 e. The SMILES string of the molecule is CCC1(C(=O)N2CCC(CCC(=O)O)CC2)CCCC1. The summed E-state index contributed by atoms with van der Waals surface area (Å²) in [5.41, 5.74) is -0.0755. The van der Waals surface area contributed by atoms with Crippen molar-refractivity contribution < 1.29 is 14.7 Å². The Balaban J connectivity index is 1.84. The maximum Gasteiger partial charge on any atom is 0.303 e. The molecule has 1 saturated heterocycles. The van der Waals surface area contributed by atoms with Gasteiger partial charge in [0.25, 0.3) is 0 Å². The molecule has 0 aromatic rings. The highest BCUT2D eigenvalue weighted by Gasteiger charge is 2.42. The molecule has 20 heavy (non-hydrogen) atoms. The highest BCUT2D eigenvalue weighted by atomic mass is 16.4. The maximum absolute atomic E-state index is 12.8. The average molecular weight is 281 g/mol. The van der Waals surface area contributed by atoms with Crippen LogP contribution in [0, 0.1) is 11.3 Å². The summed E-state index contributed by atoms with van der Waals surface area (Å²) < 4.78 is 0. The lowest BCUT2D eigenvalue weighted by atomic mass is 9.81. The predicted molar refractivity (Wildman–Crippen MR) is 77.4 cm³/mol. The molecule has 1 N–H and O–H groups in total. The number of piperidine rings is 1. The molecule has 1 aliphatic heterocycles. The second kappa shape index (κ2) is 6.59. The summed E-state index contributed by atoms with van der Waals surface area (Å²) in [4.78, 5) is 25.4. The van der Waals surface area contributed by atoms with Crippen LogP contribution in [0.3, 0.4) is 0 Å². The van der Waals surface area contributed by atoms with E-state index in [1.165, 1.54) is 12.8 Å². The van der Waals surface area contributed by atoms with E-state index in [0.29, 0.717) is 11.8 Å². The Morgan fingerprint density at radius 3 is 2.30 bits per heavy atom. The third-order valence-electron chi connectivity index (χ3n) is 5.36.